The molecule has 3 heterocycles. The highest BCUT2D eigenvalue weighted by Crippen LogP contribution is 2.32. The number of thiophene rings is 1. The zero-order valence-electron chi connectivity index (χ0n) is 12.8. The van der Waals surface area contributed by atoms with Crippen molar-refractivity contribution < 1.29 is 14.4 Å². The highest BCUT2D eigenvalue weighted by atomic mass is 32.1. The molecular weight excluding hydrogens is 300 g/mol. The van der Waals surface area contributed by atoms with E-state index in [1.165, 1.54) is 4.88 Å². The molecule has 2 unspecified atom stereocenters. The maximum Gasteiger partial charge on any atom is 0.154 e. The van der Waals surface area contributed by atoms with Crippen molar-refractivity contribution in [3.05, 3.63) is 39.9 Å². The summed E-state index contributed by atoms with van der Waals surface area (Å²) in [5.74, 6) is 0.904. The Kier molecular flexibility index (Phi) is 5.25. The van der Waals surface area contributed by atoms with Crippen molar-refractivity contribution in [2.45, 2.75) is 38.5 Å². The summed E-state index contributed by atoms with van der Waals surface area (Å²) in [6.07, 6.45) is 1.69. The first-order chi connectivity index (χ1) is 10.7. The van der Waals surface area contributed by atoms with Crippen molar-refractivity contribution in [3.63, 3.8) is 0 Å². The van der Waals surface area contributed by atoms with Crippen LogP contribution in [0.2, 0.25) is 0 Å². The van der Waals surface area contributed by atoms with Gasteiger partial charge in [0.05, 0.1) is 31.1 Å². The zero-order valence-corrected chi connectivity index (χ0v) is 13.6. The first-order valence-electron chi connectivity index (χ1n) is 7.68. The molecule has 0 amide bonds. The summed E-state index contributed by atoms with van der Waals surface area (Å²) in [5, 5.41) is 16.2. The summed E-state index contributed by atoms with van der Waals surface area (Å²) in [6, 6.07) is 6.27. The Balaban J connectivity index is 1.46. The second kappa shape index (κ2) is 7.37. The van der Waals surface area contributed by atoms with E-state index in [-0.39, 0.29) is 6.04 Å². The van der Waals surface area contributed by atoms with Gasteiger partial charge in [0, 0.05) is 17.5 Å². The number of hydrogen-bond acceptors (Lipinski definition) is 6. The zero-order chi connectivity index (χ0) is 15.4. The molecule has 0 saturated carbocycles. The van der Waals surface area contributed by atoms with Crippen LogP contribution in [0.4, 0.5) is 0 Å². The molecule has 2 atom stereocenters. The number of nitrogens with zero attached hydrogens (tertiary/aromatic N) is 2. The number of aliphatic hydroxyl groups excluding tert-OH is 1. The molecule has 0 bridgehead atoms. The van der Waals surface area contributed by atoms with E-state index in [4.69, 9.17) is 9.26 Å². The lowest BCUT2D eigenvalue weighted by atomic mass is 10.1. The van der Waals surface area contributed by atoms with Crippen LogP contribution in [0.25, 0.3) is 0 Å². The summed E-state index contributed by atoms with van der Waals surface area (Å²) >= 11 is 1.67. The summed E-state index contributed by atoms with van der Waals surface area (Å²) < 4.78 is 11.0. The lowest BCUT2D eigenvalue weighted by molar-refractivity contribution is 0.00687. The number of aromatic nitrogens is 1. The van der Waals surface area contributed by atoms with E-state index < -0.39 is 6.10 Å². The third-order valence-electron chi connectivity index (χ3n) is 3.92. The van der Waals surface area contributed by atoms with Gasteiger partial charge in [0.15, 0.2) is 5.76 Å². The topological polar surface area (TPSA) is 58.7 Å². The SMILES string of the molecule is Cc1cc(C2CCCN2CC(O)COCc2cccs2)on1. The first-order valence-corrected chi connectivity index (χ1v) is 8.56. The average Bonchev–Trinajstić information content (AvgIpc) is 3.20. The fraction of sp³-hybridized carbons (Fsp3) is 0.562. The van der Waals surface area contributed by atoms with Gasteiger partial charge in [-0.25, -0.2) is 0 Å². The van der Waals surface area contributed by atoms with E-state index in [0.29, 0.717) is 19.8 Å². The van der Waals surface area contributed by atoms with Crippen molar-refractivity contribution in [2.75, 3.05) is 19.7 Å². The molecule has 1 fully saturated rings. The van der Waals surface area contributed by atoms with Gasteiger partial charge in [0.25, 0.3) is 0 Å². The molecule has 22 heavy (non-hydrogen) atoms. The van der Waals surface area contributed by atoms with Gasteiger partial charge < -0.3 is 14.4 Å². The molecule has 0 radical (unpaired) electrons. The maximum atomic E-state index is 10.2. The van der Waals surface area contributed by atoms with Crippen molar-refractivity contribution in [3.8, 4) is 0 Å². The van der Waals surface area contributed by atoms with Crippen LogP contribution in [-0.2, 0) is 11.3 Å². The number of aryl methyl sites for hydroxylation is 1. The van der Waals surface area contributed by atoms with Gasteiger partial charge >= 0.3 is 0 Å². The molecule has 1 aliphatic rings. The van der Waals surface area contributed by atoms with Crippen LogP contribution in [0.5, 0.6) is 0 Å². The quantitative estimate of drug-likeness (QED) is 0.849. The van der Waals surface area contributed by atoms with E-state index in [0.717, 1.165) is 30.8 Å². The number of β-amino-alcohol motifs (C(OH)–C–C–N with tert-alkyl or cyclic N) is 1. The van der Waals surface area contributed by atoms with Crippen LogP contribution >= 0.6 is 11.3 Å². The van der Waals surface area contributed by atoms with Gasteiger partial charge in [-0.2, -0.15) is 0 Å². The summed E-state index contributed by atoms with van der Waals surface area (Å²) in [5.41, 5.74) is 0.904. The molecule has 6 heteroatoms. The monoisotopic (exact) mass is 322 g/mol. The van der Waals surface area contributed by atoms with Gasteiger partial charge in [-0.15, -0.1) is 11.3 Å². The van der Waals surface area contributed by atoms with Gasteiger partial charge in [-0.1, -0.05) is 11.2 Å². The standard InChI is InChI=1S/C16H22N2O3S/c1-12-8-16(21-17-12)15-5-2-6-18(15)9-13(19)10-20-11-14-4-3-7-22-14/h3-4,7-8,13,15,19H,2,5-6,9-11H2,1H3. The smallest absolute Gasteiger partial charge is 0.154 e. The number of rotatable bonds is 7. The van der Waals surface area contributed by atoms with Crippen molar-refractivity contribution in [2.24, 2.45) is 0 Å². The van der Waals surface area contributed by atoms with Gasteiger partial charge in [-0.3, -0.25) is 4.90 Å². The van der Waals surface area contributed by atoms with Crippen LogP contribution in [0.15, 0.2) is 28.1 Å². The highest BCUT2D eigenvalue weighted by Gasteiger charge is 2.30. The first kappa shape index (κ1) is 15.7. The Morgan fingerprint density at radius 1 is 1.59 bits per heavy atom. The van der Waals surface area contributed by atoms with Gasteiger partial charge in [0.1, 0.15) is 0 Å². The fourth-order valence-corrected chi connectivity index (χ4v) is 3.56. The molecule has 0 aromatic carbocycles. The predicted molar refractivity (Wildman–Crippen MR) is 84.8 cm³/mol. The number of likely N-dealkylation sites (tertiary alicyclic amines) is 1. The fourth-order valence-electron chi connectivity index (χ4n) is 2.92. The molecule has 0 spiro atoms. The minimum Gasteiger partial charge on any atom is -0.389 e. The van der Waals surface area contributed by atoms with Crippen LogP contribution in [0.1, 0.15) is 35.2 Å². The minimum atomic E-state index is -0.482. The highest BCUT2D eigenvalue weighted by molar-refractivity contribution is 7.09. The van der Waals surface area contributed by atoms with Crippen LogP contribution in [0, 0.1) is 6.92 Å². The molecule has 1 saturated heterocycles. The maximum absolute atomic E-state index is 10.2. The van der Waals surface area contributed by atoms with Crippen molar-refractivity contribution in [1.82, 2.24) is 10.1 Å². The lowest BCUT2D eigenvalue weighted by Gasteiger charge is -2.24. The lowest BCUT2D eigenvalue weighted by Crippen LogP contribution is -2.34. The van der Waals surface area contributed by atoms with Crippen LogP contribution in [0.3, 0.4) is 0 Å². The van der Waals surface area contributed by atoms with E-state index in [9.17, 15) is 5.11 Å². The second-order valence-electron chi connectivity index (χ2n) is 5.77. The average molecular weight is 322 g/mol. The molecule has 1 N–H and O–H groups in total. The van der Waals surface area contributed by atoms with E-state index in [1.54, 1.807) is 11.3 Å². The molecule has 120 valence electrons. The molecule has 2 aromatic rings. The van der Waals surface area contributed by atoms with Gasteiger partial charge in [0.2, 0.25) is 0 Å². The molecule has 2 aromatic heterocycles. The number of hydrogen-bond donors (Lipinski definition) is 1. The van der Waals surface area contributed by atoms with E-state index in [1.807, 2.05) is 30.5 Å². The number of ether oxygens (including phenoxy) is 1. The normalized spacial score (nSPS) is 20.5. The summed E-state index contributed by atoms with van der Waals surface area (Å²) in [6.45, 7) is 4.44. The minimum absolute atomic E-state index is 0.230. The van der Waals surface area contributed by atoms with Gasteiger partial charge in [-0.05, 0) is 37.8 Å². The molecular formula is C16H22N2O3S. The predicted octanol–water partition coefficient (Wildman–Crippen LogP) is 2.76. The van der Waals surface area contributed by atoms with Crippen LogP contribution in [-0.4, -0.2) is 41.0 Å². The summed E-state index contributed by atoms with van der Waals surface area (Å²) in [4.78, 5) is 3.45. The Morgan fingerprint density at radius 3 is 3.23 bits per heavy atom. The third kappa shape index (κ3) is 3.95. The Morgan fingerprint density at radius 2 is 2.50 bits per heavy atom. The summed E-state index contributed by atoms with van der Waals surface area (Å²) in [7, 11) is 0. The molecule has 0 aliphatic carbocycles. The Labute approximate surface area is 134 Å². The second-order valence-corrected chi connectivity index (χ2v) is 6.80. The van der Waals surface area contributed by atoms with Crippen LogP contribution < -0.4 is 0 Å². The van der Waals surface area contributed by atoms with Crippen molar-refractivity contribution >= 4 is 11.3 Å². The van der Waals surface area contributed by atoms with E-state index in [2.05, 4.69) is 10.1 Å². The Hall–Kier alpha value is -1.21. The number of aliphatic hydroxyl groups is 1. The largest absolute Gasteiger partial charge is 0.389 e. The van der Waals surface area contributed by atoms with Crippen molar-refractivity contribution in [1.29, 1.82) is 0 Å². The Bertz CT molecular complexity index is 570. The molecule has 3 rings (SSSR count). The van der Waals surface area contributed by atoms with E-state index >= 15 is 0 Å². The third-order valence-corrected chi connectivity index (χ3v) is 4.77. The molecule has 1 aliphatic heterocycles. The molecule has 5 nitrogen and oxygen atoms in total.